The Morgan fingerprint density at radius 2 is 1.71 bits per heavy atom. The number of hydrogen-bond donors (Lipinski definition) is 1. The van der Waals surface area contributed by atoms with Crippen LogP contribution in [0.1, 0.15) is 21.5 Å². The van der Waals surface area contributed by atoms with Crippen molar-refractivity contribution in [2.24, 2.45) is 0 Å². The molecule has 0 aliphatic heterocycles. The summed E-state index contributed by atoms with van der Waals surface area (Å²) in [4.78, 5) is 12.6. The Bertz CT molecular complexity index is 1160. The molecule has 0 saturated carbocycles. The van der Waals surface area contributed by atoms with Gasteiger partial charge in [-0.2, -0.15) is 0 Å². The highest BCUT2D eigenvalue weighted by Gasteiger charge is 2.18. The number of sulfonamides is 1. The SMILES string of the molecule is COCc1cccc(NC(=O)c2ccc(CN(c3cccc(Br)c3)S(C)(=O)=O)cc2)c1. The second-order valence-corrected chi connectivity index (χ2v) is 9.86. The zero-order valence-electron chi connectivity index (χ0n) is 17.2. The highest BCUT2D eigenvalue weighted by atomic mass is 79.9. The predicted octanol–water partition coefficient (Wildman–Crippen LogP) is 4.81. The minimum atomic E-state index is -3.49. The standard InChI is InChI=1S/C23H23BrN2O4S/c1-30-16-18-5-3-7-21(13-18)25-23(27)19-11-9-17(10-12-19)15-26(31(2,28)29)22-8-4-6-20(24)14-22/h3-14H,15-16H2,1-2H3,(H,25,27). The van der Waals surface area contributed by atoms with Crippen LogP contribution in [0, 0.1) is 0 Å². The fraction of sp³-hybridized carbons (Fsp3) is 0.174. The summed E-state index contributed by atoms with van der Waals surface area (Å²) in [7, 11) is -1.87. The van der Waals surface area contributed by atoms with Gasteiger partial charge in [0.15, 0.2) is 0 Å². The van der Waals surface area contributed by atoms with Gasteiger partial charge in [-0.05, 0) is 53.6 Å². The van der Waals surface area contributed by atoms with Crippen LogP contribution < -0.4 is 9.62 Å². The first-order valence-corrected chi connectivity index (χ1v) is 12.1. The number of methoxy groups -OCH3 is 1. The topological polar surface area (TPSA) is 75.7 Å². The molecular formula is C23H23BrN2O4S. The summed E-state index contributed by atoms with van der Waals surface area (Å²) in [5.41, 5.74) is 3.46. The number of nitrogens with zero attached hydrogens (tertiary/aromatic N) is 1. The van der Waals surface area contributed by atoms with Crippen molar-refractivity contribution in [3.05, 3.63) is 94.0 Å². The summed E-state index contributed by atoms with van der Waals surface area (Å²) in [6.45, 7) is 0.628. The number of hydrogen-bond acceptors (Lipinski definition) is 4. The van der Waals surface area contributed by atoms with E-state index in [0.29, 0.717) is 23.5 Å². The summed E-state index contributed by atoms with van der Waals surface area (Å²) >= 11 is 3.38. The van der Waals surface area contributed by atoms with Gasteiger partial charge in [0, 0.05) is 22.8 Å². The number of halogens is 1. The molecule has 0 saturated heterocycles. The van der Waals surface area contributed by atoms with E-state index in [0.717, 1.165) is 15.6 Å². The minimum absolute atomic E-state index is 0.163. The van der Waals surface area contributed by atoms with Crippen molar-refractivity contribution in [2.45, 2.75) is 13.2 Å². The van der Waals surface area contributed by atoms with Crippen LogP contribution in [0.3, 0.4) is 0 Å². The van der Waals surface area contributed by atoms with Gasteiger partial charge in [-0.1, -0.05) is 46.3 Å². The Kier molecular flexibility index (Phi) is 7.48. The molecule has 3 aromatic rings. The van der Waals surface area contributed by atoms with E-state index in [1.807, 2.05) is 30.3 Å². The maximum atomic E-state index is 12.6. The Balaban J connectivity index is 1.74. The summed E-state index contributed by atoms with van der Waals surface area (Å²) < 4.78 is 31.9. The molecule has 31 heavy (non-hydrogen) atoms. The number of carbonyl (C=O) groups excluding carboxylic acids is 1. The first-order chi connectivity index (χ1) is 14.8. The molecule has 3 aromatic carbocycles. The third-order valence-corrected chi connectivity index (χ3v) is 6.17. The Morgan fingerprint density at radius 3 is 2.35 bits per heavy atom. The van der Waals surface area contributed by atoms with E-state index < -0.39 is 10.0 Å². The number of benzene rings is 3. The molecule has 6 nitrogen and oxygen atoms in total. The second-order valence-electron chi connectivity index (χ2n) is 7.03. The van der Waals surface area contributed by atoms with Gasteiger partial charge in [-0.15, -0.1) is 0 Å². The third kappa shape index (κ3) is 6.40. The van der Waals surface area contributed by atoms with Crippen LogP contribution in [0.15, 0.2) is 77.3 Å². The molecule has 0 unspecified atom stereocenters. The molecule has 0 aliphatic rings. The van der Waals surface area contributed by atoms with Crippen LogP contribution in [0.4, 0.5) is 11.4 Å². The van der Waals surface area contributed by atoms with Gasteiger partial charge in [0.2, 0.25) is 10.0 Å². The van der Waals surface area contributed by atoms with Crippen LogP contribution >= 0.6 is 15.9 Å². The van der Waals surface area contributed by atoms with Gasteiger partial charge in [-0.25, -0.2) is 8.42 Å². The molecule has 0 heterocycles. The summed E-state index contributed by atoms with van der Waals surface area (Å²) in [6, 6.07) is 21.4. The van der Waals surface area contributed by atoms with Crippen molar-refractivity contribution in [1.82, 2.24) is 0 Å². The summed E-state index contributed by atoms with van der Waals surface area (Å²) in [6.07, 6.45) is 1.17. The first-order valence-electron chi connectivity index (χ1n) is 9.48. The van der Waals surface area contributed by atoms with E-state index in [4.69, 9.17) is 4.74 Å². The number of rotatable bonds is 8. The predicted molar refractivity (Wildman–Crippen MR) is 127 cm³/mol. The summed E-state index contributed by atoms with van der Waals surface area (Å²) in [5, 5.41) is 2.87. The van der Waals surface area contributed by atoms with Crippen LogP contribution in [0.25, 0.3) is 0 Å². The quantitative estimate of drug-likeness (QED) is 0.479. The maximum absolute atomic E-state index is 12.6. The average molecular weight is 503 g/mol. The van der Waals surface area contributed by atoms with Crippen molar-refractivity contribution >= 4 is 43.2 Å². The molecule has 0 spiro atoms. The van der Waals surface area contributed by atoms with E-state index >= 15 is 0 Å². The molecular weight excluding hydrogens is 480 g/mol. The molecule has 0 aliphatic carbocycles. The van der Waals surface area contributed by atoms with Gasteiger partial charge < -0.3 is 10.1 Å². The normalized spacial score (nSPS) is 11.2. The number of amides is 1. The van der Waals surface area contributed by atoms with Crippen molar-refractivity contribution < 1.29 is 17.9 Å². The van der Waals surface area contributed by atoms with Crippen molar-refractivity contribution in [2.75, 3.05) is 23.0 Å². The average Bonchev–Trinajstić information content (AvgIpc) is 2.72. The Labute approximate surface area is 191 Å². The molecule has 0 fully saturated rings. The highest BCUT2D eigenvalue weighted by Crippen LogP contribution is 2.24. The molecule has 8 heteroatoms. The molecule has 1 amide bonds. The molecule has 1 N–H and O–H groups in total. The number of nitrogens with one attached hydrogen (secondary N) is 1. The van der Waals surface area contributed by atoms with E-state index in [-0.39, 0.29) is 12.5 Å². The number of anilines is 2. The lowest BCUT2D eigenvalue weighted by Crippen LogP contribution is -2.29. The molecule has 0 radical (unpaired) electrons. The third-order valence-electron chi connectivity index (χ3n) is 4.53. The first kappa shape index (κ1) is 23.0. The Morgan fingerprint density at radius 1 is 1.00 bits per heavy atom. The Hall–Kier alpha value is -2.68. The van der Waals surface area contributed by atoms with Gasteiger partial charge in [0.25, 0.3) is 5.91 Å². The van der Waals surface area contributed by atoms with E-state index in [1.54, 1.807) is 49.6 Å². The molecule has 162 valence electrons. The molecule has 0 atom stereocenters. The fourth-order valence-electron chi connectivity index (χ4n) is 3.07. The number of ether oxygens (including phenoxy) is 1. The van der Waals surface area contributed by atoms with Gasteiger partial charge in [0.05, 0.1) is 25.1 Å². The van der Waals surface area contributed by atoms with Gasteiger partial charge in [-0.3, -0.25) is 9.10 Å². The second kappa shape index (κ2) is 10.1. The van der Waals surface area contributed by atoms with Crippen molar-refractivity contribution in [3.63, 3.8) is 0 Å². The number of carbonyl (C=O) groups is 1. The van der Waals surface area contributed by atoms with Crippen LogP contribution in [0.5, 0.6) is 0 Å². The fourth-order valence-corrected chi connectivity index (χ4v) is 4.33. The highest BCUT2D eigenvalue weighted by molar-refractivity contribution is 9.10. The molecule has 0 bridgehead atoms. The zero-order valence-corrected chi connectivity index (χ0v) is 19.6. The van der Waals surface area contributed by atoms with Crippen LogP contribution in [-0.4, -0.2) is 27.7 Å². The van der Waals surface area contributed by atoms with E-state index in [1.165, 1.54) is 10.6 Å². The van der Waals surface area contributed by atoms with Crippen LogP contribution in [-0.2, 0) is 27.9 Å². The minimum Gasteiger partial charge on any atom is -0.380 e. The zero-order chi connectivity index (χ0) is 22.4. The van der Waals surface area contributed by atoms with Crippen molar-refractivity contribution in [1.29, 1.82) is 0 Å². The van der Waals surface area contributed by atoms with Crippen molar-refractivity contribution in [3.8, 4) is 0 Å². The lowest BCUT2D eigenvalue weighted by molar-refractivity contribution is 0.102. The maximum Gasteiger partial charge on any atom is 0.255 e. The van der Waals surface area contributed by atoms with Crippen LogP contribution in [0.2, 0.25) is 0 Å². The van der Waals surface area contributed by atoms with Gasteiger partial charge in [0.1, 0.15) is 0 Å². The summed E-state index contributed by atoms with van der Waals surface area (Å²) in [5.74, 6) is -0.243. The largest absolute Gasteiger partial charge is 0.380 e. The van der Waals surface area contributed by atoms with E-state index in [9.17, 15) is 13.2 Å². The lowest BCUT2D eigenvalue weighted by atomic mass is 10.1. The molecule has 3 rings (SSSR count). The van der Waals surface area contributed by atoms with E-state index in [2.05, 4.69) is 21.2 Å². The van der Waals surface area contributed by atoms with Gasteiger partial charge >= 0.3 is 0 Å². The monoisotopic (exact) mass is 502 g/mol. The molecule has 0 aromatic heterocycles. The smallest absolute Gasteiger partial charge is 0.255 e. The lowest BCUT2D eigenvalue weighted by Gasteiger charge is -2.23.